The van der Waals surface area contributed by atoms with Crippen LogP contribution in [0.3, 0.4) is 0 Å². The maximum atomic E-state index is 11.3. The van der Waals surface area contributed by atoms with E-state index in [0.717, 1.165) is 0 Å². The molecule has 1 unspecified atom stereocenters. The Kier molecular flexibility index (Phi) is 3.88. The molecule has 116 valence electrons. The lowest BCUT2D eigenvalue weighted by Gasteiger charge is -2.29. The molecule has 0 aliphatic carbocycles. The van der Waals surface area contributed by atoms with Crippen LogP contribution in [0, 0.1) is 11.8 Å². The van der Waals surface area contributed by atoms with Crippen LogP contribution in [-0.2, 0) is 19.0 Å². The molecule has 5 atom stereocenters. The summed E-state index contributed by atoms with van der Waals surface area (Å²) < 4.78 is 17.4. The third-order valence-corrected chi connectivity index (χ3v) is 4.56. The van der Waals surface area contributed by atoms with Gasteiger partial charge in [-0.15, -0.1) is 0 Å². The minimum Gasteiger partial charge on any atom is -0.381 e. The molecule has 0 saturated carbocycles. The molecule has 3 N–H and O–H groups in total. The number of carbonyl (C=O) groups is 1. The van der Waals surface area contributed by atoms with E-state index in [-0.39, 0.29) is 17.9 Å². The van der Waals surface area contributed by atoms with Gasteiger partial charge >= 0.3 is 0 Å². The Balaban J connectivity index is 2.24. The number of ether oxygens (including phenoxy) is 3. The van der Waals surface area contributed by atoms with Gasteiger partial charge in [0.15, 0.2) is 11.9 Å². The highest BCUT2D eigenvalue weighted by atomic mass is 16.7. The topological polar surface area (TPSA) is 91.0 Å². The summed E-state index contributed by atoms with van der Waals surface area (Å²) in [6.45, 7) is 10.0. The van der Waals surface area contributed by atoms with Gasteiger partial charge in [0.1, 0.15) is 0 Å². The summed E-state index contributed by atoms with van der Waals surface area (Å²) in [5, 5.41) is 10.0. The molecule has 2 aliphatic rings. The van der Waals surface area contributed by atoms with Crippen LogP contribution < -0.4 is 5.73 Å². The number of hydrogen-bond acceptors (Lipinski definition) is 5. The molecule has 2 fully saturated rings. The Morgan fingerprint density at radius 2 is 1.90 bits per heavy atom. The smallest absolute Gasteiger partial charge is 0.248 e. The maximum Gasteiger partial charge on any atom is 0.248 e. The highest BCUT2D eigenvalue weighted by Gasteiger charge is 2.55. The lowest BCUT2D eigenvalue weighted by molar-refractivity contribution is -0.156. The van der Waals surface area contributed by atoms with E-state index in [0.29, 0.717) is 6.61 Å². The predicted octanol–water partition coefficient (Wildman–Crippen LogP) is 0.414. The van der Waals surface area contributed by atoms with Crippen molar-refractivity contribution in [3.8, 4) is 0 Å². The van der Waals surface area contributed by atoms with Crippen molar-refractivity contribution in [2.24, 2.45) is 17.6 Å². The maximum absolute atomic E-state index is 11.3. The van der Waals surface area contributed by atoms with E-state index < -0.39 is 29.5 Å². The molecule has 0 spiro atoms. The van der Waals surface area contributed by atoms with E-state index in [4.69, 9.17) is 19.9 Å². The summed E-state index contributed by atoms with van der Waals surface area (Å²) in [6.07, 6.45) is -2.22. The molecule has 0 aromatic heterocycles. The Morgan fingerprint density at radius 1 is 1.30 bits per heavy atom. The molecule has 0 bridgehead atoms. The summed E-state index contributed by atoms with van der Waals surface area (Å²) in [5.74, 6) is -1.47. The second-order valence-corrected chi connectivity index (χ2v) is 6.77. The van der Waals surface area contributed by atoms with Gasteiger partial charge < -0.3 is 25.1 Å². The monoisotopic (exact) mass is 287 g/mol. The molecule has 2 aliphatic heterocycles. The summed E-state index contributed by atoms with van der Waals surface area (Å²) in [7, 11) is 0. The number of primary amides is 1. The van der Waals surface area contributed by atoms with Crippen LogP contribution >= 0.6 is 0 Å². The van der Waals surface area contributed by atoms with Crippen LogP contribution in [0.25, 0.3) is 0 Å². The van der Waals surface area contributed by atoms with E-state index in [1.165, 1.54) is 0 Å². The van der Waals surface area contributed by atoms with Crippen LogP contribution in [0.5, 0.6) is 0 Å². The number of hydrogen-bond donors (Lipinski definition) is 2. The Morgan fingerprint density at radius 3 is 2.35 bits per heavy atom. The second kappa shape index (κ2) is 4.94. The molecule has 0 aromatic rings. The van der Waals surface area contributed by atoms with Crippen molar-refractivity contribution in [3.05, 3.63) is 0 Å². The average Bonchev–Trinajstić information content (AvgIpc) is 2.77. The predicted molar refractivity (Wildman–Crippen MR) is 71.7 cm³/mol. The van der Waals surface area contributed by atoms with Gasteiger partial charge in [-0.1, -0.05) is 6.92 Å². The van der Waals surface area contributed by atoms with E-state index >= 15 is 0 Å². The van der Waals surface area contributed by atoms with Crippen LogP contribution in [0.1, 0.15) is 34.6 Å². The molecule has 0 aromatic carbocycles. The molecule has 2 saturated heterocycles. The standard InChI is InChI=1S/C14H25NO5/c1-7-9(8-6-18-14(4,5)19-8)11(10(16)12(15)17)20-13(7,2)3/h7-11,16H,6H2,1-5H3,(H2,15,17)/t7?,8-,9-,10-,11+/m1/s1. The van der Waals surface area contributed by atoms with Gasteiger partial charge in [0.2, 0.25) is 5.91 Å². The minimum absolute atomic E-state index is 0.101. The van der Waals surface area contributed by atoms with Gasteiger partial charge in [-0.3, -0.25) is 4.79 Å². The van der Waals surface area contributed by atoms with Gasteiger partial charge in [0.05, 0.1) is 24.4 Å². The number of amides is 1. The lowest BCUT2D eigenvalue weighted by Crippen LogP contribution is -2.46. The summed E-state index contributed by atoms with van der Waals surface area (Å²) in [6, 6.07) is 0. The molecule has 20 heavy (non-hydrogen) atoms. The van der Waals surface area contributed by atoms with Crippen molar-refractivity contribution >= 4 is 5.91 Å². The fourth-order valence-corrected chi connectivity index (χ4v) is 3.16. The van der Waals surface area contributed by atoms with Crippen LogP contribution in [0.2, 0.25) is 0 Å². The van der Waals surface area contributed by atoms with Crippen molar-refractivity contribution in [1.29, 1.82) is 0 Å². The first-order chi connectivity index (χ1) is 9.05. The molecule has 0 radical (unpaired) electrons. The van der Waals surface area contributed by atoms with Gasteiger partial charge in [-0.05, 0) is 33.6 Å². The second-order valence-electron chi connectivity index (χ2n) is 6.77. The molecule has 2 rings (SSSR count). The first-order valence-electron chi connectivity index (χ1n) is 7.02. The van der Waals surface area contributed by atoms with Crippen LogP contribution in [0.15, 0.2) is 0 Å². The Bertz CT molecular complexity index is 395. The first-order valence-corrected chi connectivity index (χ1v) is 7.02. The zero-order valence-electron chi connectivity index (χ0n) is 12.8. The summed E-state index contributed by atoms with van der Waals surface area (Å²) in [5.41, 5.74) is 4.77. The van der Waals surface area contributed by atoms with Crippen molar-refractivity contribution in [2.45, 2.75) is 64.3 Å². The number of aliphatic hydroxyl groups excluding tert-OH is 1. The van der Waals surface area contributed by atoms with Crippen molar-refractivity contribution in [3.63, 3.8) is 0 Å². The number of aliphatic hydroxyl groups is 1. The molecule has 1 amide bonds. The van der Waals surface area contributed by atoms with E-state index in [1.807, 2.05) is 34.6 Å². The molecular formula is C14H25NO5. The number of carbonyl (C=O) groups excluding carboxylic acids is 1. The van der Waals surface area contributed by atoms with Crippen molar-refractivity contribution in [1.82, 2.24) is 0 Å². The fraction of sp³-hybridized carbons (Fsp3) is 0.929. The van der Waals surface area contributed by atoms with Crippen LogP contribution in [-0.4, -0.2) is 47.3 Å². The zero-order chi connectivity index (χ0) is 15.3. The molecule has 6 heteroatoms. The van der Waals surface area contributed by atoms with Gasteiger partial charge in [-0.25, -0.2) is 0 Å². The third kappa shape index (κ3) is 2.70. The summed E-state index contributed by atoms with van der Waals surface area (Å²) in [4.78, 5) is 11.3. The normalized spacial score (nSPS) is 40.7. The minimum atomic E-state index is -1.34. The Hall–Kier alpha value is -0.690. The highest BCUT2D eigenvalue weighted by molar-refractivity contribution is 5.79. The summed E-state index contributed by atoms with van der Waals surface area (Å²) >= 11 is 0. The molecule has 2 heterocycles. The van der Waals surface area contributed by atoms with Crippen molar-refractivity contribution in [2.75, 3.05) is 6.61 Å². The van der Waals surface area contributed by atoms with Gasteiger partial charge in [0.25, 0.3) is 0 Å². The first kappa shape index (κ1) is 15.7. The largest absolute Gasteiger partial charge is 0.381 e. The number of nitrogens with two attached hydrogens (primary N) is 1. The van der Waals surface area contributed by atoms with Crippen molar-refractivity contribution < 1.29 is 24.1 Å². The van der Waals surface area contributed by atoms with Crippen LogP contribution in [0.4, 0.5) is 0 Å². The Labute approximate surface area is 119 Å². The SMILES string of the molecule is CC1[C@H]([C@H]2COC(C)(C)O2)[C@@H]([C@@H](O)C(N)=O)OC1(C)C. The molecule has 6 nitrogen and oxygen atoms in total. The van der Waals surface area contributed by atoms with E-state index in [2.05, 4.69) is 0 Å². The lowest BCUT2D eigenvalue weighted by atomic mass is 9.78. The van der Waals surface area contributed by atoms with Gasteiger partial charge in [0, 0.05) is 5.92 Å². The van der Waals surface area contributed by atoms with E-state index in [1.54, 1.807) is 0 Å². The zero-order valence-corrected chi connectivity index (χ0v) is 12.8. The van der Waals surface area contributed by atoms with E-state index in [9.17, 15) is 9.90 Å². The number of rotatable bonds is 3. The van der Waals surface area contributed by atoms with Gasteiger partial charge in [-0.2, -0.15) is 0 Å². The highest BCUT2D eigenvalue weighted by Crippen LogP contribution is 2.46. The third-order valence-electron chi connectivity index (χ3n) is 4.56. The average molecular weight is 287 g/mol. The molecular weight excluding hydrogens is 262 g/mol. The quantitative estimate of drug-likeness (QED) is 0.784. The fourth-order valence-electron chi connectivity index (χ4n) is 3.16.